The van der Waals surface area contributed by atoms with Crippen molar-refractivity contribution in [2.75, 3.05) is 50.5 Å². The maximum Gasteiger partial charge on any atom is 0.319 e. The highest BCUT2D eigenvalue weighted by Gasteiger charge is 2.32. The van der Waals surface area contributed by atoms with Crippen LogP contribution in [0.1, 0.15) is 31.2 Å². The van der Waals surface area contributed by atoms with Crippen molar-refractivity contribution < 1.29 is 13.9 Å². The van der Waals surface area contributed by atoms with Crippen LogP contribution in [0, 0.1) is 17.1 Å². The highest BCUT2D eigenvalue weighted by Crippen LogP contribution is 2.41. The molecule has 3 aromatic rings. The molecule has 1 amide bonds. The minimum Gasteiger partial charge on any atom is -0.462 e. The fourth-order valence-corrected chi connectivity index (χ4v) is 7.52. The molecule has 0 unspecified atom stereocenters. The van der Waals surface area contributed by atoms with Crippen molar-refractivity contribution >= 4 is 34.4 Å². The number of carbonyl (C=O) groups is 1. The van der Waals surface area contributed by atoms with Crippen LogP contribution in [-0.2, 0) is 11.2 Å². The smallest absolute Gasteiger partial charge is 0.319 e. The number of aromatic nitrogens is 2. The lowest BCUT2D eigenvalue weighted by molar-refractivity contribution is -0.128. The van der Waals surface area contributed by atoms with Crippen molar-refractivity contribution in [1.82, 2.24) is 19.8 Å². The van der Waals surface area contributed by atoms with Gasteiger partial charge >= 0.3 is 6.01 Å². The number of fused-ring (bicyclic) bond motifs is 2. The number of piperazine rings is 1. The standard InChI is InChI=1S/C32H35FN6O2S/c1-3-27(40)39-17-16-38(19-22(39)13-14-34)31-26-12-11-24(25-10-4-7-21-8-6-18-42-30(21)25)28(33)29(26)35-32(36-31)41-20-23-9-5-15-37(23)2/h3-4,7,10-12,22-23H,1,5-6,8-9,13,15-20H2,2H3/t22-,23-/m0/s1. The summed E-state index contributed by atoms with van der Waals surface area (Å²) in [7, 11) is 2.08. The first kappa shape index (κ1) is 28.4. The van der Waals surface area contributed by atoms with Gasteiger partial charge in [0.1, 0.15) is 17.9 Å². The topological polar surface area (TPSA) is 85.6 Å². The van der Waals surface area contributed by atoms with E-state index in [0.29, 0.717) is 43.0 Å². The third kappa shape index (κ3) is 5.43. The number of likely N-dealkylation sites (tertiary alicyclic amines) is 1. The summed E-state index contributed by atoms with van der Waals surface area (Å²) in [4.78, 5) is 29.0. The van der Waals surface area contributed by atoms with E-state index in [2.05, 4.69) is 35.6 Å². The Labute approximate surface area is 250 Å². The molecule has 218 valence electrons. The van der Waals surface area contributed by atoms with Crippen LogP contribution in [0.25, 0.3) is 22.0 Å². The van der Waals surface area contributed by atoms with Crippen molar-refractivity contribution in [3.63, 3.8) is 0 Å². The number of hydrogen-bond acceptors (Lipinski definition) is 8. The number of ether oxygens (including phenoxy) is 1. The predicted molar refractivity (Wildman–Crippen MR) is 163 cm³/mol. The second kappa shape index (κ2) is 12.3. The first-order valence-corrected chi connectivity index (χ1v) is 15.6. The maximum atomic E-state index is 16.6. The van der Waals surface area contributed by atoms with Gasteiger partial charge in [-0.3, -0.25) is 4.79 Å². The molecule has 0 N–H and O–H groups in total. The number of amides is 1. The van der Waals surface area contributed by atoms with Gasteiger partial charge in [0.15, 0.2) is 5.82 Å². The molecule has 3 aliphatic heterocycles. The van der Waals surface area contributed by atoms with E-state index < -0.39 is 5.82 Å². The van der Waals surface area contributed by atoms with E-state index in [4.69, 9.17) is 9.72 Å². The molecule has 10 heteroatoms. The second-order valence-electron chi connectivity index (χ2n) is 11.2. The van der Waals surface area contributed by atoms with Crippen LogP contribution in [-0.4, -0.2) is 83.3 Å². The molecule has 2 atom stereocenters. The first-order valence-electron chi connectivity index (χ1n) is 14.6. The van der Waals surface area contributed by atoms with Crippen LogP contribution in [0.15, 0.2) is 47.9 Å². The molecule has 6 rings (SSSR count). The quantitative estimate of drug-likeness (QED) is 0.355. The Bertz CT molecular complexity index is 1560. The van der Waals surface area contributed by atoms with Crippen molar-refractivity contribution in [1.29, 1.82) is 5.26 Å². The summed E-state index contributed by atoms with van der Waals surface area (Å²) in [5.74, 6) is 0.974. The molecule has 1 aromatic heterocycles. The van der Waals surface area contributed by atoms with Crippen molar-refractivity contribution in [2.24, 2.45) is 0 Å². The van der Waals surface area contributed by atoms with Crippen molar-refractivity contribution in [2.45, 2.75) is 49.1 Å². The molecule has 2 saturated heterocycles. The molecule has 8 nitrogen and oxygen atoms in total. The Balaban J connectivity index is 1.42. The van der Waals surface area contributed by atoms with Gasteiger partial charge in [-0.05, 0) is 68.3 Å². The number of hydrogen-bond donors (Lipinski definition) is 0. The summed E-state index contributed by atoms with van der Waals surface area (Å²) < 4.78 is 22.7. The Morgan fingerprint density at radius 1 is 1.19 bits per heavy atom. The molecule has 0 aliphatic carbocycles. The summed E-state index contributed by atoms with van der Waals surface area (Å²) in [6.45, 7) is 6.32. The monoisotopic (exact) mass is 586 g/mol. The van der Waals surface area contributed by atoms with E-state index in [1.807, 2.05) is 29.2 Å². The van der Waals surface area contributed by atoms with Crippen LogP contribution in [0.2, 0.25) is 0 Å². The number of anilines is 1. The number of halogens is 1. The van der Waals surface area contributed by atoms with E-state index in [0.717, 1.165) is 48.4 Å². The Morgan fingerprint density at radius 3 is 2.86 bits per heavy atom. The Hall–Kier alpha value is -3.68. The molecule has 0 radical (unpaired) electrons. The molecule has 2 aromatic carbocycles. The third-order valence-electron chi connectivity index (χ3n) is 8.63. The van der Waals surface area contributed by atoms with E-state index >= 15 is 4.39 Å². The number of nitrogens with zero attached hydrogens (tertiary/aromatic N) is 6. The molecule has 2 fully saturated rings. The van der Waals surface area contributed by atoms with E-state index in [9.17, 15) is 10.1 Å². The zero-order valence-electron chi connectivity index (χ0n) is 23.9. The lowest BCUT2D eigenvalue weighted by Gasteiger charge is -2.41. The predicted octanol–water partition coefficient (Wildman–Crippen LogP) is 5.06. The SMILES string of the molecule is C=CC(=O)N1CCN(c2nc(OC[C@@H]3CCCN3C)nc3c(F)c(-c4cccc5c4SCCC5)ccc23)C[C@@H]1CC#N. The van der Waals surface area contributed by atoms with Crippen molar-refractivity contribution in [3.8, 4) is 23.2 Å². The summed E-state index contributed by atoms with van der Waals surface area (Å²) in [5, 5.41) is 10.1. The van der Waals surface area contributed by atoms with Crippen molar-refractivity contribution in [3.05, 3.63) is 54.4 Å². The van der Waals surface area contributed by atoms with Gasteiger partial charge in [-0.1, -0.05) is 30.8 Å². The zero-order chi connectivity index (χ0) is 29.2. The normalized spacial score (nSPS) is 20.8. The molecular formula is C32H35FN6O2S. The first-order chi connectivity index (χ1) is 20.5. The Morgan fingerprint density at radius 2 is 2.07 bits per heavy atom. The molecular weight excluding hydrogens is 551 g/mol. The van der Waals surface area contributed by atoms with Crippen LogP contribution in [0.5, 0.6) is 6.01 Å². The van der Waals surface area contributed by atoms with Crippen LogP contribution < -0.4 is 9.64 Å². The highest BCUT2D eigenvalue weighted by molar-refractivity contribution is 7.99. The molecule has 42 heavy (non-hydrogen) atoms. The van der Waals surface area contributed by atoms with Gasteiger partial charge in [-0.25, -0.2) is 4.39 Å². The van der Waals surface area contributed by atoms with Crippen LogP contribution >= 0.6 is 11.8 Å². The third-order valence-corrected chi connectivity index (χ3v) is 9.90. The summed E-state index contributed by atoms with van der Waals surface area (Å²) >= 11 is 1.78. The lowest BCUT2D eigenvalue weighted by atomic mass is 9.98. The molecule has 0 bridgehead atoms. The molecule has 0 saturated carbocycles. The average Bonchev–Trinajstić information content (AvgIpc) is 3.44. The van der Waals surface area contributed by atoms with Gasteiger partial charge in [-0.2, -0.15) is 15.2 Å². The molecule has 0 spiro atoms. The number of thioether (sulfide) groups is 1. The lowest BCUT2D eigenvalue weighted by Crippen LogP contribution is -2.55. The maximum absolute atomic E-state index is 16.6. The number of nitriles is 1. The fourth-order valence-electron chi connectivity index (χ4n) is 6.34. The van der Waals surface area contributed by atoms with E-state index in [1.54, 1.807) is 16.7 Å². The number of carbonyl (C=O) groups excluding carboxylic acids is 1. The second-order valence-corrected chi connectivity index (χ2v) is 12.3. The Kier molecular flexibility index (Phi) is 8.31. The van der Waals surface area contributed by atoms with Gasteiger partial charge in [0.2, 0.25) is 5.91 Å². The number of aryl methyl sites for hydroxylation is 1. The summed E-state index contributed by atoms with van der Waals surface area (Å²) in [5.41, 5.74) is 2.88. The van der Waals surface area contributed by atoms with Gasteiger partial charge in [0.05, 0.1) is 18.5 Å². The molecule has 3 aliphatic rings. The number of likely N-dealkylation sites (N-methyl/N-ethyl adjacent to an activating group) is 1. The summed E-state index contributed by atoms with van der Waals surface area (Å²) in [6, 6.07) is 12.1. The average molecular weight is 587 g/mol. The van der Waals surface area contributed by atoms with Crippen LogP contribution in [0.3, 0.4) is 0 Å². The van der Waals surface area contributed by atoms with Gasteiger partial charge in [-0.15, -0.1) is 11.8 Å². The van der Waals surface area contributed by atoms with E-state index in [1.165, 1.54) is 11.6 Å². The van der Waals surface area contributed by atoms with E-state index in [-0.39, 0.29) is 35.9 Å². The highest BCUT2D eigenvalue weighted by atomic mass is 32.2. The summed E-state index contributed by atoms with van der Waals surface area (Å²) in [6.07, 6.45) is 5.71. The fraction of sp³-hybridized carbons (Fsp3) is 0.438. The number of benzene rings is 2. The minimum absolute atomic E-state index is 0.139. The minimum atomic E-state index is -0.396. The molecule has 4 heterocycles. The zero-order valence-corrected chi connectivity index (χ0v) is 24.7. The van der Waals surface area contributed by atoms with Gasteiger partial charge in [0.25, 0.3) is 0 Å². The van der Waals surface area contributed by atoms with Gasteiger partial charge < -0.3 is 19.4 Å². The number of rotatable bonds is 7. The largest absolute Gasteiger partial charge is 0.462 e. The van der Waals surface area contributed by atoms with Crippen LogP contribution in [0.4, 0.5) is 10.2 Å². The van der Waals surface area contributed by atoms with Gasteiger partial charge in [0, 0.05) is 41.5 Å².